The Bertz CT molecular complexity index is 613. The zero-order valence-corrected chi connectivity index (χ0v) is 15.2. The van der Waals surface area contributed by atoms with Crippen molar-refractivity contribution in [2.45, 2.75) is 38.6 Å². The highest BCUT2D eigenvalue weighted by Crippen LogP contribution is 2.20. The molecule has 122 valence electrons. The Balaban J connectivity index is 2.07. The summed E-state index contributed by atoms with van der Waals surface area (Å²) in [5.41, 5.74) is 0.954. The highest BCUT2D eigenvalue weighted by atomic mass is 79.9. The number of halogens is 1. The van der Waals surface area contributed by atoms with Crippen LogP contribution < -0.4 is 0 Å². The summed E-state index contributed by atoms with van der Waals surface area (Å²) in [5, 5.41) is 0. The first kappa shape index (κ1) is 17.5. The molecule has 1 fully saturated rings. The lowest BCUT2D eigenvalue weighted by atomic mass is 10.1. The third-order valence-electron chi connectivity index (χ3n) is 3.99. The molecule has 6 heteroatoms. The molecule has 0 radical (unpaired) electrons. The van der Waals surface area contributed by atoms with Gasteiger partial charge in [-0.2, -0.15) is 0 Å². The largest absolute Gasteiger partial charge is 0.338 e. The van der Waals surface area contributed by atoms with Crippen LogP contribution in [-0.2, 0) is 21.1 Å². The van der Waals surface area contributed by atoms with Crippen molar-refractivity contribution in [2.24, 2.45) is 0 Å². The lowest BCUT2D eigenvalue weighted by molar-refractivity contribution is -0.132. The fourth-order valence-corrected chi connectivity index (χ4v) is 4.73. The molecule has 0 aromatic heterocycles. The van der Waals surface area contributed by atoms with Gasteiger partial charge in [0.15, 0.2) is 9.84 Å². The third kappa shape index (κ3) is 4.81. The molecule has 1 amide bonds. The predicted molar refractivity (Wildman–Crippen MR) is 91.5 cm³/mol. The summed E-state index contributed by atoms with van der Waals surface area (Å²) < 4.78 is 24.4. The fraction of sp³-hybridized carbons (Fsp3) is 0.562. The number of unbranched alkanes of at least 4 members (excludes halogenated alkanes) is 1. The summed E-state index contributed by atoms with van der Waals surface area (Å²) in [7, 11) is -2.98. The van der Waals surface area contributed by atoms with Gasteiger partial charge in [-0.05, 0) is 30.5 Å². The maximum absolute atomic E-state index is 12.6. The summed E-state index contributed by atoms with van der Waals surface area (Å²) in [6, 6.07) is 7.52. The smallest absolute Gasteiger partial charge is 0.227 e. The van der Waals surface area contributed by atoms with Crippen LogP contribution in [0.15, 0.2) is 28.7 Å². The third-order valence-corrected chi connectivity index (χ3v) is 6.27. The molecule has 1 unspecified atom stereocenters. The molecule has 0 saturated carbocycles. The van der Waals surface area contributed by atoms with Crippen molar-refractivity contribution in [1.29, 1.82) is 0 Å². The molecule has 0 bridgehead atoms. The molecule has 1 aromatic rings. The first-order valence-electron chi connectivity index (χ1n) is 7.65. The van der Waals surface area contributed by atoms with Crippen LogP contribution in [0.5, 0.6) is 0 Å². The minimum Gasteiger partial charge on any atom is -0.338 e. The van der Waals surface area contributed by atoms with E-state index in [-0.39, 0.29) is 23.5 Å². The quantitative estimate of drug-likeness (QED) is 0.753. The number of rotatable bonds is 6. The van der Waals surface area contributed by atoms with Crippen LogP contribution in [0.3, 0.4) is 0 Å². The lowest BCUT2D eigenvalue weighted by Crippen LogP contribution is -2.42. The predicted octanol–water partition coefficient (Wildman–Crippen LogP) is 2.81. The van der Waals surface area contributed by atoms with Gasteiger partial charge < -0.3 is 4.90 Å². The Hall–Kier alpha value is -0.880. The van der Waals surface area contributed by atoms with E-state index in [1.807, 2.05) is 24.3 Å². The minimum absolute atomic E-state index is 0.0258. The molecule has 1 atom stereocenters. The Morgan fingerprint density at radius 3 is 2.55 bits per heavy atom. The summed E-state index contributed by atoms with van der Waals surface area (Å²) in [4.78, 5) is 14.4. The van der Waals surface area contributed by atoms with Crippen LogP contribution in [0.25, 0.3) is 0 Å². The van der Waals surface area contributed by atoms with E-state index in [0.29, 0.717) is 19.4 Å². The number of hydrogen-bond donors (Lipinski definition) is 0. The number of benzene rings is 1. The van der Waals surface area contributed by atoms with E-state index in [0.717, 1.165) is 22.9 Å². The highest BCUT2D eigenvalue weighted by molar-refractivity contribution is 9.10. The number of sulfone groups is 1. The molecule has 1 aliphatic heterocycles. The summed E-state index contributed by atoms with van der Waals surface area (Å²) in [6.07, 6.45) is 2.79. The van der Waals surface area contributed by atoms with E-state index in [1.54, 1.807) is 4.90 Å². The maximum Gasteiger partial charge on any atom is 0.227 e. The van der Waals surface area contributed by atoms with Crippen LogP contribution >= 0.6 is 15.9 Å². The van der Waals surface area contributed by atoms with Crippen LogP contribution in [-0.4, -0.2) is 43.3 Å². The fourth-order valence-electron chi connectivity index (χ4n) is 2.74. The molecule has 0 spiro atoms. The normalized spacial score (nSPS) is 20.0. The van der Waals surface area contributed by atoms with E-state index in [2.05, 4.69) is 22.9 Å². The Kier molecular flexibility index (Phi) is 6.03. The Labute approximate surface area is 140 Å². The SMILES string of the molecule is CCCCN(C(=O)Cc1ccc(Br)cc1)C1CCS(=O)(=O)C1. The van der Waals surface area contributed by atoms with Gasteiger partial charge in [0.1, 0.15) is 0 Å². The van der Waals surface area contributed by atoms with Gasteiger partial charge in [-0.3, -0.25) is 4.79 Å². The minimum atomic E-state index is -2.98. The molecule has 1 aromatic carbocycles. The summed E-state index contributed by atoms with van der Waals surface area (Å²) >= 11 is 3.38. The number of carbonyl (C=O) groups excluding carboxylic acids is 1. The second kappa shape index (κ2) is 7.59. The van der Waals surface area contributed by atoms with E-state index in [4.69, 9.17) is 0 Å². The van der Waals surface area contributed by atoms with Gasteiger partial charge in [0.2, 0.25) is 5.91 Å². The van der Waals surface area contributed by atoms with Gasteiger partial charge >= 0.3 is 0 Å². The van der Waals surface area contributed by atoms with Crippen molar-refractivity contribution in [1.82, 2.24) is 4.90 Å². The Morgan fingerprint density at radius 1 is 1.32 bits per heavy atom. The average Bonchev–Trinajstić information content (AvgIpc) is 2.82. The van der Waals surface area contributed by atoms with Gasteiger partial charge in [0.05, 0.1) is 17.9 Å². The molecule has 1 aliphatic rings. The van der Waals surface area contributed by atoms with Crippen LogP contribution in [0, 0.1) is 0 Å². The number of amides is 1. The van der Waals surface area contributed by atoms with Crippen molar-refractivity contribution >= 4 is 31.7 Å². The number of carbonyl (C=O) groups is 1. The van der Waals surface area contributed by atoms with E-state index in [9.17, 15) is 13.2 Å². The summed E-state index contributed by atoms with van der Waals surface area (Å²) in [5.74, 6) is 0.340. The molecule has 1 heterocycles. The van der Waals surface area contributed by atoms with E-state index >= 15 is 0 Å². The molecule has 0 N–H and O–H groups in total. The van der Waals surface area contributed by atoms with Crippen molar-refractivity contribution < 1.29 is 13.2 Å². The van der Waals surface area contributed by atoms with Crippen molar-refractivity contribution in [2.75, 3.05) is 18.1 Å². The molecule has 1 saturated heterocycles. The average molecular weight is 388 g/mol. The van der Waals surface area contributed by atoms with Gasteiger partial charge in [-0.15, -0.1) is 0 Å². The van der Waals surface area contributed by atoms with E-state index < -0.39 is 9.84 Å². The maximum atomic E-state index is 12.6. The second-order valence-corrected chi connectivity index (χ2v) is 8.95. The Morgan fingerprint density at radius 2 is 2.00 bits per heavy atom. The molecular weight excluding hydrogens is 366 g/mol. The molecule has 0 aliphatic carbocycles. The highest BCUT2D eigenvalue weighted by Gasteiger charge is 2.34. The topological polar surface area (TPSA) is 54.5 Å². The van der Waals surface area contributed by atoms with E-state index in [1.165, 1.54) is 0 Å². The molecule has 4 nitrogen and oxygen atoms in total. The second-order valence-electron chi connectivity index (χ2n) is 5.80. The molecule has 22 heavy (non-hydrogen) atoms. The van der Waals surface area contributed by atoms with Gasteiger partial charge in [-0.1, -0.05) is 41.4 Å². The zero-order chi connectivity index (χ0) is 16.2. The van der Waals surface area contributed by atoms with Crippen molar-refractivity contribution in [3.8, 4) is 0 Å². The van der Waals surface area contributed by atoms with Crippen molar-refractivity contribution in [3.05, 3.63) is 34.3 Å². The first-order chi connectivity index (χ1) is 10.4. The van der Waals surface area contributed by atoms with Crippen molar-refractivity contribution in [3.63, 3.8) is 0 Å². The lowest BCUT2D eigenvalue weighted by Gasteiger charge is -2.28. The molecule has 2 rings (SSSR count). The van der Waals surface area contributed by atoms with Gasteiger partial charge in [-0.25, -0.2) is 8.42 Å². The monoisotopic (exact) mass is 387 g/mol. The van der Waals surface area contributed by atoms with Crippen LogP contribution in [0.4, 0.5) is 0 Å². The first-order valence-corrected chi connectivity index (χ1v) is 10.3. The standard InChI is InChI=1S/C16H22BrNO3S/c1-2-3-9-18(15-8-10-22(20,21)12-15)16(19)11-13-4-6-14(17)7-5-13/h4-7,15H,2-3,8-12H2,1H3. The van der Waals surface area contributed by atoms with Gasteiger partial charge in [0, 0.05) is 17.1 Å². The number of nitrogens with zero attached hydrogens (tertiary/aromatic N) is 1. The van der Waals surface area contributed by atoms with Crippen LogP contribution in [0.1, 0.15) is 31.7 Å². The summed E-state index contributed by atoms with van der Waals surface area (Å²) in [6.45, 7) is 2.72. The van der Waals surface area contributed by atoms with Crippen LogP contribution in [0.2, 0.25) is 0 Å². The zero-order valence-electron chi connectivity index (χ0n) is 12.8. The molecular formula is C16H22BrNO3S. The number of hydrogen-bond acceptors (Lipinski definition) is 3. The van der Waals surface area contributed by atoms with Gasteiger partial charge in [0.25, 0.3) is 0 Å².